The van der Waals surface area contributed by atoms with Gasteiger partial charge in [-0.3, -0.25) is 14.4 Å². The molecule has 1 aliphatic heterocycles. The van der Waals surface area contributed by atoms with Gasteiger partial charge in [-0.1, -0.05) is 5.16 Å². The molecule has 0 atom stereocenters. The third-order valence-electron chi connectivity index (χ3n) is 3.48. The molecule has 1 aliphatic rings. The molecule has 132 valence electrons. The number of rotatable bonds is 8. The second kappa shape index (κ2) is 9.31. The molecule has 0 aromatic carbocycles. The Balaban J connectivity index is 1.52. The first-order valence-corrected chi connectivity index (χ1v) is 9.05. The summed E-state index contributed by atoms with van der Waals surface area (Å²) in [7, 11) is 0. The average Bonchev–Trinajstić information content (AvgIpc) is 3.19. The molecule has 9 heteroatoms. The zero-order chi connectivity index (χ0) is 17.4. The lowest BCUT2D eigenvalue weighted by molar-refractivity contribution is -0.130. The van der Waals surface area contributed by atoms with Crippen molar-refractivity contribution in [2.24, 2.45) is 0 Å². The lowest BCUT2D eigenvalue weighted by Crippen LogP contribution is -2.33. The van der Waals surface area contributed by atoms with E-state index < -0.39 is 0 Å². The Morgan fingerprint density at radius 1 is 1.25 bits per heavy atom. The minimum atomic E-state index is -0.245. The summed E-state index contributed by atoms with van der Waals surface area (Å²) >= 11 is 1.20. The summed E-state index contributed by atoms with van der Waals surface area (Å²) in [4.78, 5) is 37.0. The van der Waals surface area contributed by atoms with E-state index in [-0.39, 0.29) is 29.2 Å². The van der Waals surface area contributed by atoms with Crippen LogP contribution >= 0.6 is 11.8 Å². The van der Waals surface area contributed by atoms with Crippen LogP contribution in [-0.2, 0) is 14.4 Å². The summed E-state index contributed by atoms with van der Waals surface area (Å²) in [5.74, 6) is 0.950. The van der Waals surface area contributed by atoms with Gasteiger partial charge in [0, 0.05) is 32.1 Å². The van der Waals surface area contributed by atoms with Crippen molar-refractivity contribution in [1.82, 2.24) is 15.4 Å². The molecule has 2 heterocycles. The highest BCUT2D eigenvalue weighted by atomic mass is 32.2. The van der Waals surface area contributed by atoms with Crippen molar-refractivity contribution >= 4 is 35.3 Å². The zero-order valence-corrected chi connectivity index (χ0v) is 14.5. The number of likely N-dealkylation sites (tertiary alicyclic amines) is 1. The maximum Gasteiger partial charge on any atom is 0.235 e. The van der Waals surface area contributed by atoms with Gasteiger partial charge in [0.2, 0.25) is 17.7 Å². The van der Waals surface area contributed by atoms with Gasteiger partial charge in [-0.2, -0.15) is 0 Å². The molecule has 1 aromatic heterocycles. The number of carbonyl (C=O) groups is 3. The number of anilines is 1. The minimum Gasteiger partial charge on any atom is -0.360 e. The maximum absolute atomic E-state index is 11.8. The number of aromatic nitrogens is 1. The normalized spacial score (nSPS) is 13.8. The van der Waals surface area contributed by atoms with Gasteiger partial charge in [-0.15, -0.1) is 11.8 Å². The van der Waals surface area contributed by atoms with Gasteiger partial charge in [0.05, 0.1) is 11.5 Å². The molecule has 1 saturated heterocycles. The second-order valence-corrected chi connectivity index (χ2v) is 6.54. The fourth-order valence-corrected chi connectivity index (χ4v) is 2.97. The smallest absolute Gasteiger partial charge is 0.235 e. The third kappa shape index (κ3) is 6.23. The minimum absolute atomic E-state index is 0.0859. The van der Waals surface area contributed by atoms with Crippen molar-refractivity contribution < 1.29 is 18.9 Å². The first kappa shape index (κ1) is 18.3. The first-order valence-electron chi connectivity index (χ1n) is 7.90. The van der Waals surface area contributed by atoms with E-state index in [4.69, 9.17) is 4.52 Å². The quantitative estimate of drug-likeness (QED) is 0.715. The van der Waals surface area contributed by atoms with Crippen molar-refractivity contribution in [3.05, 3.63) is 11.8 Å². The molecule has 0 saturated carbocycles. The third-order valence-corrected chi connectivity index (χ3v) is 4.41. The fourth-order valence-electron chi connectivity index (χ4n) is 2.33. The highest BCUT2D eigenvalue weighted by Crippen LogP contribution is 2.09. The standard InChI is InChI=1S/C15H22N4O4S/c1-11-8-12(18-23-11)17-14(21)10-24-9-13(20)16-5-4-15(22)19-6-2-3-7-19/h8H,2-7,9-10H2,1H3,(H,16,20)(H,17,18,21). The molecule has 3 amide bonds. The van der Waals surface area contributed by atoms with Crippen molar-refractivity contribution in [2.75, 3.05) is 36.5 Å². The van der Waals surface area contributed by atoms with Gasteiger partial charge < -0.3 is 20.1 Å². The Bertz CT molecular complexity index is 584. The van der Waals surface area contributed by atoms with Crippen LogP contribution in [0.2, 0.25) is 0 Å². The van der Waals surface area contributed by atoms with Crippen LogP contribution in [0.25, 0.3) is 0 Å². The number of hydrogen-bond donors (Lipinski definition) is 2. The van der Waals surface area contributed by atoms with Crippen LogP contribution < -0.4 is 10.6 Å². The summed E-state index contributed by atoms with van der Waals surface area (Å²) in [6.07, 6.45) is 2.44. The Labute approximate surface area is 144 Å². The molecule has 24 heavy (non-hydrogen) atoms. The number of amides is 3. The summed E-state index contributed by atoms with van der Waals surface area (Å²) < 4.78 is 4.84. The Morgan fingerprint density at radius 2 is 1.96 bits per heavy atom. The lowest BCUT2D eigenvalue weighted by Gasteiger charge is -2.15. The summed E-state index contributed by atoms with van der Waals surface area (Å²) in [6.45, 7) is 3.71. The zero-order valence-electron chi connectivity index (χ0n) is 13.7. The number of nitrogens with one attached hydrogen (secondary N) is 2. The van der Waals surface area contributed by atoms with Crippen molar-refractivity contribution in [2.45, 2.75) is 26.2 Å². The van der Waals surface area contributed by atoms with Gasteiger partial charge in [-0.05, 0) is 19.8 Å². The molecule has 0 radical (unpaired) electrons. The van der Waals surface area contributed by atoms with E-state index in [9.17, 15) is 14.4 Å². The Morgan fingerprint density at radius 3 is 2.62 bits per heavy atom. The predicted octanol–water partition coefficient (Wildman–Crippen LogP) is 0.783. The predicted molar refractivity (Wildman–Crippen MR) is 90.6 cm³/mol. The van der Waals surface area contributed by atoms with Crippen molar-refractivity contribution in [1.29, 1.82) is 0 Å². The van der Waals surface area contributed by atoms with Gasteiger partial charge in [-0.25, -0.2) is 0 Å². The van der Waals surface area contributed by atoms with Crippen molar-refractivity contribution in [3.63, 3.8) is 0 Å². The Hall–Kier alpha value is -2.03. The number of nitrogens with zero attached hydrogens (tertiary/aromatic N) is 2. The molecule has 8 nitrogen and oxygen atoms in total. The first-order chi connectivity index (χ1) is 11.5. The van der Waals surface area contributed by atoms with Crippen LogP contribution in [0.15, 0.2) is 10.6 Å². The topological polar surface area (TPSA) is 105 Å². The van der Waals surface area contributed by atoms with E-state index in [1.807, 2.05) is 4.90 Å². The molecular formula is C15H22N4O4S. The molecule has 1 aromatic rings. The van der Waals surface area contributed by atoms with Crippen LogP contribution in [-0.4, -0.2) is 58.9 Å². The van der Waals surface area contributed by atoms with Gasteiger partial charge in [0.25, 0.3) is 0 Å². The SMILES string of the molecule is Cc1cc(NC(=O)CSCC(=O)NCCC(=O)N2CCCC2)no1. The van der Waals surface area contributed by atoms with E-state index in [1.165, 1.54) is 11.8 Å². The van der Waals surface area contributed by atoms with Crippen LogP contribution in [0.5, 0.6) is 0 Å². The van der Waals surface area contributed by atoms with E-state index in [0.29, 0.717) is 24.5 Å². The van der Waals surface area contributed by atoms with E-state index >= 15 is 0 Å². The number of aryl methyl sites for hydroxylation is 1. The van der Waals surface area contributed by atoms with E-state index in [2.05, 4.69) is 15.8 Å². The van der Waals surface area contributed by atoms with Gasteiger partial charge in [0.1, 0.15) is 5.76 Å². The molecule has 0 bridgehead atoms. The number of thioether (sulfide) groups is 1. The second-order valence-electron chi connectivity index (χ2n) is 5.55. The number of hydrogen-bond acceptors (Lipinski definition) is 6. The monoisotopic (exact) mass is 354 g/mol. The van der Waals surface area contributed by atoms with Crippen LogP contribution in [0, 0.1) is 6.92 Å². The van der Waals surface area contributed by atoms with Crippen LogP contribution in [0.1, 0.15) is 25.0 Å². The molecule has 0 spiro atoms. The summed E-state index contributed by atoms with van der Waals surface area (Å²) in [5, 5.41) is 8.93. The average molecular weight is 354 g/mol. The van der Waals surface area contributed by atoms with Crippen molar-refractivity contribution in [3.8, 4) is 0 Å². The van der Waals surface area contributed by atoms with Gasteiger partial charge in [0.15, 0.2) is 5.82 Å². The summed E-state index contributed by atoms with van der Waals surface area (Å²) in [5.41, 5.74) is 0. The molecule has 2 rings (SSSR count). The molecular weight excluding hydrogens is 332 g/mol. The van der Waals surface area contributed by atoms with E-state index in [0.717, 1.165) is 25.9 Å². The number of carbonyl (C=O) groups excluding carboxylic acids is 3. The molecule has 1 fully saturated rings. The molecule has 0 unspecified atom stereocenters. The lowest BCUT2D eigenvalue weighted by atomic mass is 10.3. The Kier molecular flexibility index (Phi) is 7.10. The largest absolute Gasteiger partial charge is 0.360 e. The maximum atomic E-state index is 11.8. The molecule has 0 aliphatic carbocycles. The highest BCUT2D eigenvalue weighted by molar-refractivity contribution is 8.00. The van der Waals surface area contributed by atoms with Gasteiger partial charge >= 0.3 is 0 Å². The van der Waals surface area contributed by atoms with Crippen LogP contribution in [0.4, 0.5) is 5.82 Å². The highest BCUT2D eigenvalue weighted by Gasteiger charge is 2.17. The fraction of sp³-hybridized carbons (Fsp3) is 0.600. The summed E-state index contributed by atoms with van der Waals surface area (Å²) in [6, 6.07) is 1.62. The van der Waals surface area contributed by atoms with Crippen LogP contribution in [0.3, 0.4) is 0 Å². The van der Waals surface area contributed by atoms with E-state index in [1.54, 1.807) is 13.0 Å². The molecule has 2 N–H and O–H groups in total.